The molecule has 1 aromatic heterocycles. The summed E-state index contributed by atoms with van der Waals surface area (Å²) in [5.74, 6) is 0.453. The number of aromatic nitrogens is 2. The van der Waals surface area contributed by atoms with Gasteiger partial charge in [-0.05, 0) is 19.8 Å². The van der Waals surface area contributed by atoms with Crippen molar-refractivity contribution in [2.75, 3.05) is 31.6 Å². The fourth-order valence-corrected chi connectivity index (χ4v) is 2.37. The predicted octanol–water partition coefficient (Wildman–Crippen LogP) is 0.634. The van der Waals surface area contributed by atoms with Gasteiger partial charge in [0.2, 0.25) is 17.8 Å². The van der Waals surface area contributed by atoms with Crippen LogP contribution in [0.4, 0.5) is 5.95 Å². The first-order chi connectivity index (χ1) is 10.1. The van der Waals surface area contributed by atoms with Gasteiger partial charge in [0.25, 0.3) is 0 Å². The molecule has 116 valence electrons. The number of nitrogens with zero attached hydrogens (tertiary/aromatic N) is 3. The molecule has 0 saturated carbocycles. The number of nitrogens with one attached hydrogen (secondary N) is 1. The number of piperidine rings is 1. The fourth-order valence-electron chi connectivity index (χ4n) is 2.37. The number of carbonyl (C=O) groups excluding carboxylic acids is 2. The maximum Gasteiger partial charge on any atom is 0.248 e. The molecule has 7 nitrogen and oxygen atoms in total. The quantitative estimate of drug-likeness (QED) is 0.864. The van der Waals surface area contributed by atoms with Gasteiger partial charge in [0, 0.05) is 45.1 Å². The lowest BCUT2D eigenvalue weighted by atomic mass is 9.96. The minimum Gasteiger partial charge on any atom is -0.372 e. The Morgan fingerprint density at radius 3 is 2.71 bits per heavy atom. The first-order valence-electron chi connectivity index (χ1n) is 7.25. The first kappa shape index (κ1) is 15.5. The van der Waals surface area contributed by atoms with Gasteiger partial charge >= 0.3 is 0 Å². The van der Waals surface area contributed by atoms with Crippen molar-refractivity contribution in [1.29, 1.82) is 0 Å². The summed E-state index contributed by atoms with van der Waals surface area (Å²) < 4.78 is 6.89. The molecule has 2 rings (SSSR count). The summed E-state index contributed by atoms with van der Waals surface area (Å²) in [6, 6.07) is 0. The molecule has 0 aliphatic carbocycles. The lowest BCUT2D eigenvalue weighted by Gasteiger charge is -2.31. The molecule has 21 heavy (non-hydrogen) atoms. The number of carbonyl (C=O) groups is 2. The highest BCUT2D eigenvalue weighted by Crippen LogP contribution is 2.19. The van der Waals surface area contributed by atoms with Crippen LogP contribution in [-0.4, -0.2) is 52.6 Å². The molecule has 0 bridgehead atoms. The molecule has 1 aliphatic rings. The molecule has 0 unspecified atom stereocenters. The van der Waals surface area contributed by atoms with Gasteiger partial charge in [0.15, 0.2) is 0 Å². The Morgan fingerprint density at radius 2 is 2.14 bits per heavy atom. The van der Waals surface area contributed by atoms with Crippen molar-refractivity contribution < 1.29 is 14.3 Å². The van der Waals surface area contributed by atoms with E-state index in [1.165, 1.54) is 0 Å². The van der Waals surface area contributed by atoms with Gasteiger partial charge in [-0.15, -0.1) is 0 Å². The van der Waals surface area contributed by atoms with E-state index in [0.29, 0.717) is 38.5 Å². The van der Waals surface area contributed by atoms with Crippen LogP contribution < -0.4 is 5.32 Å². The predicted molar refractivity (Wildman–Crippen MR) is 77.6 cm³/mol. The molecule has 1 saturated heterocycles. The number of likely N-dealkylation sites (tertiary alicyclic amines) is 1. The average molecular weight is 294 g/mol. The van der Waals surface area contributed by atoms with E-state index in [-0.39, 0.29) is 24.3 Å². The summed E-state index contributed by atoms with van der Waals surface area (Å²) in [6.45, 7) is 3.73. The zero-order chi connectivity index (χ0) is 15.2. The zero-order valence-electron chi connectivity index (χ0n) is 12.5. The molecule has 1 N–H and O–H groups in total. The van der Waals surface area contributed by atoms with E-state index in [0.717, 1.165) is 0 Å². The van der Waals surface area contributed by atoms with E-state index < -0.39 is 0 Å². The lowest BCUT2D eigenvalue weighted by molar-refractivity contribution is -0.138. The molecule has 0 aromatic carbocycles. The van der Waals surface area contributed by atoms with Crippen LogP contribution in [0.25, 0.3) is 0 Å². The summed E-state index contributed by atoms with van der Waals surface area (Å²) in [6.07, 6.45) is 4.78. The normalized spacial score (nSPS) is 16.0. The summed E-state index contributed by atoms with van der Waals surface area (Å²) in [4.78, 5) is 29.8. The third kappa shape index (κ3) is 4.04. The molecular weight excluding hydrogens is 272 g/mol. The largest absolute Gasteiger partial charge is 0.372 e. The van der Waals surface area contributed by atoms with Crippen LogP contribution >= 0.6 is 0 Å². The number of imidazole rings is 1. The molecule has 1 aromatic rings. The highest BCUT2D eigenvalue weighted by atomic mass is 16.5. The molecule has 1 aliphatic heterocycles. The molecule has 7 heteroatoms. The Kier molecular flexibility index (Phi) is 5.32. The summed E-state index contributed by atoms with van der Waals surface area (Å²) in [5, 5.41) is 2.82. The van der Waals surface area contributed by atoms with Crippen molar-refractivity contribution in [2.24, 2.45) is 13.0 Å². The molecule has 0 spiro atoms. The van der Waals surface area contributed by atoms with Gasteiger partial charge in [-0.2, -0.15) is 0 Å². The number of rotatable bonds is 5. The highest BCUT2D eigenvalue weighted by molar-refractivity contribution is 5.91. The minimum atomic E-state index is -0.0714. The van der Waals surface area contributed by atoms with Gasteiger partial charge in [-0.25, -0.2) is 4.98 Å². The molecule has 2 amide bonds. The second-order valence-electron chi connectivity index (χ2n) is 5.14. The number of hydrogen-bond donors (Lipinski definition) is 1. The van der Waals surface area contributed by atoms with E-state index in [1.54, 1.807) is 21.9 Å². The van der Waals surface area contributed by atoms with Crippen molar-refractivity contribution in [2.45, 2.75) is 19.8 Å². The van der Waals surface area contributed by atoms with Crippen molar-refractivity contribution in [3.63, 3.8) is 0 Å². The Labute approximate surface area is 124 Å². The van der Waals surface area contributed by atoms with Crippen LogP contribution in [0.5, 0.6) is 0 Å². The fraction of sp³-hybridized carbons (Fsp3) is 0.643. The topological polar surface area (TPSA) is 76.5 Å². The van der Waals surface area contributed by atoms with E-state index in [4.69, 9.17) is 4.74 Å². The number of hydrogen-bond acceptors (Lipinski definition) is 4. The van der Waals surface area contributed by atoms with Crippen LogP contribution in [0.3, 0.4) is 0 Å². The second kappa shape index (κ2) is 7.21. The van der Waals surface area contributed by atoms with Crippen molar-refractivity contribution in [1.82, 2.24) is 14.5 Å². The van der Waals surface area contributed by atoms with E-state index >= 15 is 0 Å². The van der Waals surface area contributed by atoms with Gasteiger partial charge in [0.1, 0.15) is 6.61 Å². The smallest absolute Gasteiger partial charge is 0.248 e. The average Bonchev–Trinajstić information content (AvgIpc) is 2.90. The number of amides is 2. The SMILES string of the molecule is CCOCC(=O)N1CCC(C(=O)Nc2nccn2C)CC1. The Morgan fingerprint density at radius 1 is 1.43 bits per heavy atom. The Balaban J connectivity index is 1.79. The first-order valence-corrected chi connectivity index (χ1v) is 7.25. The summed E-state index contributed by atoms with van der Waals surface area (Å²) in [5.41, 5.74) is 0. The third-order valence-electron chi connectivity index (χ3n) is 3.70. The van der Waals surface area contributed by atoms with Gasteiger partial charge in [-0.1, -0.05) is 0 Å². The highest BCUT2D eigenvalue weighted by Gasteiger charge is 2.27. The summed E-state index contributed by atoms with van der Waals surface area (Å²) >= 11 is 0. The number of aryl methyl sites for hydroxylation is 1. The maximum absolute atomic E-state index is 12.2. The Hall–Kier alpha value is -1.89. The van der Waals surface area contributed by atoms with E-state index in [9.17, 15) is 9.59 Å². The lowest BCUT2D eigenvalue weighted by Crippen LogP contribution is -2.43. The standard InChI is InChI=1S/C14H22N4O3/c1-3-21-10-12(19)18-7-4-11(5-8-18)13(20)16-14-15-6-9-17(14)2/h6,9,11H,3-5,7-8,10H2,1-2H3,(H,15,16,20). The molecule has 2 heterocycles. The van der Waals surface area contributed by atoms with Crippen LogP contribution in [-0.2, 0) is 21.4 Å². The molecular formula is C14H22N4O3. The summed E-state index contributed by atoms with van der Waals surface area (Å²) in [7, 11) is 1.83. The number of anilines is 1. The van der Waals surface area contributed by atoms with Crippen LogP contribution in [0, 0.1) is 5.92 Å². The molecule has 1 fully saturated rings. The van der Waals surface area contributed by atoms with Gasteiger partial charge in [-0.3, -0.25) is 14.9 Å². The van der Waals surface area contributed by atoms with E-state index in [2.05, 4.69) is 10.3 Å². The van der Waals surface area contributed by atoms with Crippen molar-refractivity contribution in [3.05, 3.63) is 12.4 Å². The number of ether oxygens (including phenoxy) is 1. The van der Waals surface area contributed by atoms with Crippen molar-refractivity contribution >= 4 is 17.8 Å². The molecule has 0 radical (unpaired) electrons. The van der Waals surface area contributed by atoms with Gasteiger partial charge < -0.3 is 14.2 Å². The molecule has 0 atom stereocenters. The van der Waals surface area contributed by atoms with Crippen LogP contribution in [0.2, 0.25) is 0 Å². The van der Waals surface area contributed by atoms with Crippen LogP contribution in [0.15, 0.2) is 12.4 Å². The maximum atomic E-state index is 12.2. The van der Waals surface area contributed by atoms with Crippen LogP contribution in [0.1, 0.15) is 19.8 Å². The van der Waals surface area contributed by atoms with Crippen molar-refractivity contribution in [3.8, 4) is 0 Å². The second-order valence-corrected chi connectivity index (χ2v) is 5.14. The van der Waals surface area contributed by atoms with Gasteiger partial charge in [0.05, 0.1) is 0 Å². The minimum absolute atomic E-state index is 0.000176. The monoisotopic (exact) mass is 294 g/mol. The van der Waals surface area contributed by atoms with E-state index in [1.807, 2.05) is 14.0 Å². The zero-order valence-corrected chi connectivity index (χ0v) is 12.5. The third-order valence-corrected chi connectivity index (χ3v) is 3.70. The Bertz CT molecular complexity index is 492.